The van der Waals surface area contributed by atoms with Crippen LogP contribution in [-0.4, -0.2) is 20.4 Å². The fourth-order valence-corrected chi connectivity index (χ4v) is 3.22. The maximum atomic E-state index is 12.7. The van der Waals surface area contributed by atoms with Crippen molar-refractivity contribution in [3.05, 3.63) is 102 Å². The third kappa shape index (κ3) is 3.69. The minimum absolute atomic E-state index is 0.190. The van der Waals surface area contributed by atoms with Crippen molar-refractivity contribution in [3.63, 3.8) is 0 Å². The van der Waals surface area contributed by atoms with Crippen molar-refractivity contribution >= 4 is 22.9 Å². The number of rotatable bonds is 5. The van der Waals surface area contributed by atoms with Crippen molar-refractivity contribution in [2.45, 2.75) is 6.04 Å². The molecule has 2 heterocycles. The summed E-state index contributed by atoms with van der Waals surface area (Å²) < 4.78 is 1.91. The SMILES string of the molecule is Cn1ccnc1C(NC(=O)/C=C/c1cccc2cccnc12)c1ccccc1. The molecule has 4 aromatic rings. The molecule has 0 aliphatic rings. The lowest BCUT2D eigenvalue weighted by atomic mass is 10.1. The molecule has 0 spiro atoms. The number of amides is 1. The van der Waals surface area contributed by atoms with E-state index in [1.165, 1.54) is 0 Å². The zero-order valence-corrected chi connectivity index (χ0v) is 15.5. The highest BCUT2D eigenvalue weighted by molar-refractivity contribution is 5.95. The highest BCUT2D eigenvalue weighted by Gasteiger charge is 2.19. The van der Waals surface area contributed by atoms with Gasteiger partial charge in [0, 0.05) is 42.7 Å². The summed E-state index contributed by atoms with van der Waals surface area (Å²) in [6, 6.07) is 19.3. The molecule has 2 aromatic carbocycles. The lowest BCUT2D eigenvalue weighted by Gasteiger charge is -2.18. The van der Waals surface area contributed by atoms with Crippen LogP contribution >= 0.6 is 0 Å². The van der Waals surface area contributed by atoms with E-state index in [1.54, 1.807) is 24.5 Å². The van der Waals surface area contributed by atoms with E-state index in [0.717, 1.165) is 27.9 Å². The first-order valence-corrected chi connectivity index (χ1v) is 9.07. The van der Waals surface area contributed by atoms with Crippen LogP contribution in [0.25, 0.3) is 17.0 Å². The van der Waals surface area contributed by atoms with E-state index in [9.17, 15) is 4.79 Å². The van der Waals surface area contributed by atoms with E-state index >= 15 is 0 Å². The third-order valence-corrected chi connectivity index (χ3v) is 4.61. The molecule has 0 radical (unpaired) electrons. The number of pyridine rings is 1. The Labute approximate surface area is 163 Å². The van der Waals surface area contributed by atoms with Gasteiger partial charge >= 0.3 is 0 Å². The molecule has 1 N–H and O–H groups in total. The fourth-order valence-electron chi connectivity index (χ4n) is 3.22. The predicted molar refractivity (Wildman–Crippen MR) is 110 cm³/mol. The molecule has 1 amide bonds. The number of aromatic nitrogens is 3. The summed E-state index contributed by atoms with van der Waals surface area (Å²) in [5, 5.41) is 4.11. The lowest BCUT2D eigenvalue weighted by molar-refractivity contribution is -0.117. The van der Waals surface area contributed by atoms with Gasteiger partial charge in [0.05, 0.1) is 5.52 Å². The summed E-state index contributed by atoms with van der Waals surface area (Å²) >= 11 is 0. The van der Waals surface area contributed by atoms with Crippen LogP contribution in [0.3, 0.4) is 0 Å². The Kier molecular flexibility index (Phi) is 4.97. The van der Waals surface area contributed by atoms with Gasteiger partial charge in [0.25, 0.3) is 0 Å². The summed E-state index contributed by atoms with van der Waals surface area (Å²) in [7, 11) is 1.92. The predicted octanol–water partition coefficient (Wildman–Crippen LogP) is 3.89. The van der Waals surface area contributed by atoms with Gasteiger partial charge in [-0.25, -0.2) is 4.98 Å². The Morgan fingerprint density at radius 2 is 1.82 bits per heavy atom. The zero-order valence-electron chi connectivity index (χ0n) is 15.5. The second-order valence-corrected chi connectivity index (χ2v) is 6.50. The Morgan fingerprint density at radius 1 is 1.00 bits per heavy atom. The number of nitrogens with one attached hydrogen (secondary N) is 1. The number of carbonyl (C=O) groups excluding carboxylic acids is 1. The van der Waals surface area contributed by atoms with E-state index in [2.05, 4.69) is 15.3 Å². The maximum Gasteiger partial charge on any atom is 0.244 e. The number of carbonyl (C=O) groups is 1. The van der Waals surface area contributed by atoms with Gasteiger partial charge in [-0.1, -0.05) is 54.6 Å². The van der Waals surface area contributed by atoms with Crippen LogP contribution in [-0.2, 0) is 11.8 Å². The molecule has 0 saturated heterocycles. The van der Waals surface area contributed by atoms with E-state index in [-0.39, 0.29) is 11.9 Å². The largest absolute Gasteiger partial charge is 0.339 e. The summed E-state index contributed by atoms with van der Waals surface area (Å²) in [4.78, 5) is 21.5. The number of imidazole rings is 1. The fraction of sp³-hybridized carbons (Fsp3) is 0.0870. The van der Waals surface area contributed by atoms with Crippen LogP contribution in [0.5, 0.6) is 0 Å². The van der Waals surface area contributed by atoms with Crippen LogP contribution < -0.4 is 5.32 Å². The molecule has 4 rings (SSSR count). The third-order valence-electron chi connectivity index (χ3n) is 4.61. The summed E-state index contributed by atoms with van der Waals surface area (Å²) in [5.41, 5.74) is 2.75. The monoisotopic (exact) mass is 368 g/mol. The minimum atomic E-state index is -0.330. The normalized spacial score (nSPS) is 12.3. The van der Waals surface area contributed by atoms with Crippen molar-refractivity contribution in [1.82, 2.24) is 19.9 Å². The van der Waals surface area contributed by atoms with E-state index in [4.69, 9.17) is 0 Å². The molecule has 0 bridgehead atoms. The maximum absolute atomic E-state index is 12.7. The van der Waals surface area contributed by atoms with Crippen LogP contribution in [0.4, 0.5) is 0 Å². The molecular formula is C23H20N4O. The number of aryl methyl sites for hydroxylation is 1. The van der Waals surface area contributed by atoms with Crippen LogP contribution in [0.2, 0.25) is 0 Å². The molecule has 0 aliphatic heterocycles. The number of benzene rings is 2. The van der Waals surface area contributed by atoms with Gasteiger partial charge in [0.1, 0.15) is 11.9 Å². The summed E-state index contributed by atoms with van der Waals surface area (Å²) in [6.07, 6.45) is 8.70. The van der Waals surface area contributed by atoms with Gasteiger partial charge in [-0.15, -0.1) is 0 Å². The Balaban J connectivity index is 1.60. The van der Waals surface area contributed by atoms with Crippen LogP contribution in [0, 0.1) is 0 Å². The molecule has 0 aliphatic carbocycles. The van der Waals surface area contributed by atoms with E-state index in [1.807, 2.05) is 78.5 Å². The van der Waals surface area contributed by atoms with Gasteiger partial charge in [-0.2, -0.15) is 0 Å². The molecule has 0 saturated carbocycles. The highest BCUT2D eigenvalue weighted by atomic mass is 16.1. The highest BCUT2D eigenvalue weighted by Crippen LogP contribution is 2.21. The zero-order chi connectivity index (χ0) is 19.3. The molecule has 138 valence electrons. The first-order chi connectivity index (χ1) is 13.7. The van der Waals surface area contributed by atoms with Gasteiger partial charge in [-0.05, 0) is 17.7 Å². The topological polar surface area (TPSA) is 59.8 Å². The second-order valence-electron chi connectivity index (χ2n) is 6.50. The quantitative estimate of drug-likeness (QED) is 0.544. The standard InChI is InChI=1S/C23H20N4O/c1-27-16-15-25-23(27)22(18-7-3-2-4-8-18)26-20(28)13-12-19-10-5-9-17-11-6-14-24-21(17)19/h2-16,22H,1H3,(H,26,28)/b13-12+. The Hall–Kier alpha value is -3.73. The summed E-state index contributed by atoms with van der Waals surface area (Å²) in [6.45, 7) is 0. The van der Waals surface area contributed by atoms with Crippen molar-refractivity contribution in [2.75, 3.05) is 0 Å². The molecule has 2 aromatic heterocycles. The average molecular weight is 368 g/mol. The van der Waals surface area contributed by atoms with E-state index < -0.39 is 0 Å². The number of fused-ring (bicyclic) bond motifs is 1. The molecule has 28 heavy (non-hydrogen) atoms. The van der Waals surface area contributed by atoms with Gasteiger partial charge in [-0.3, -0.25) is 9.78 Å². The van der Waals surface area contributed by atoms with Crippen molar-refractivity contribution in [1.29, 1.82) is 0 Å². The molecular weight excluding hydrogens is 348 g/mol. The van der Waals surface area contributed by atoms with Crippen LogP contribution in [0.15, 0.2) is 85.3 Å². The van der Waals surface area contributed by atoms with Gasteiger partial charge in [0.2, 0.25) is 5.91 Å². The Morgan fingerprint density at radius 3 is 2.61 bits per heavy atom. The number of hydrogen-bond acceptors (Lipinski definition) is 3. The first kappa shape index (κ1) is 17.7. The number of hydrogen-bond donors (Lipinski definition) is 1. The molecule has 5 nitrogen and oxygen atoms in total. The first-order valence-electron chi connectivity index (χ1n) is 9.07. The van der Waals surface area contributed by atoms with Gasteiger partial charge < -0.3 is 9.88 Å². The molecule has 5 heteroatoms. The second kappa shape index (κ2) is 7.88. The van der Waals surface area contributed by atoms with Crippen LogP contribution in [0.1, 0.15) is 23.0 Å². The van der Waals surface area contributed by atoms with Crippen molar-refractivity contribution < 1.29 is 4.79 Å². The van der Waals surface area contributed by atoms with E-state index in [0.29, 0.717) is 0 Å². The smallest absolute Gasteiger partial charge is 0.244 e. The average Bonchev–Trinajstić information content (AvgIpc) is 3.16. The lowest BCUT2D eigenvalue weighted by Crippen LogP contribution is -2.29. The summed E-state index contributed by atoms with van der Waals surface area (Å²) in [5.74, 6) is 0.588. The Bertz CT molecular complexity index is 1130. The van der Waals surface area contributed by atoms with Crippen molar-refractivity contribution in [2.24, 2.45) is 7.05 Å². The molecule has 1 unspecified atom stereocenters. The number of para-hydroxylation sites is 1. The van der Waals surface area contributed by atoms with Crippen molar-refractivity contribution in [3.8, 4) is 0 Å². The van der Waals surface area contributed by atoms with Gasteiger partial charge in [0.15, 0.2) is 0 Å². The minimum Gasteiger partial charge on any atom is -0.339 e. The number of nitrogens with zero attached hydrogens (tertiary/aromatic N) is 3. The molecule has 0 fully saturated rings. The molecule has 1 atom stereocenters.